The van der Waals surface area contributed by atoms with E-state index in [9.17, 15) is 17.2 Å². The molecule has 4 rings (SSSR count). The van der Waals surface area contributed by atoms with Crippen molar-refractivity contribution in [2.75, 3.05) is 0 Å². The molecule has 6 nitrogen and oxygen atoms in total. The molecule has 0 aliphatic carbocycles. The maximum absolute atomic E-state index is 14.0. The third-order valence-corrected chi connectivity index (χ3v) is 5.48. The van der Waals surface area contributed by atoms with Crippen LogP contribution in [0.2, 0.25) is 0 Å². The van der Waals surface area contributed by atoms with E-state index in [1.165, 1.54) is 30.3 Å². The van der Waals surface area contributed by atoms with Gasteiger partial charge < -0.3 is 8.60 Å². The third kappa shape index (κ3) is 3.79. The standard InChI is InChI=1S/C21H14F2N2O4S/c1-13-9-11-14(12-10-13)30(26,27)29-18-8-3-2-5-15(18)20-24-25-21(28-20)19-16(22)6-4-7-17(19)23/h2-12H,1H3. The van der Waals surface area contributed by atoms with Crippen LogP contribution in [0.3, 0.4) is 0 Å². The Morgan fingerprint density at radius 1 is 0.833 bits per heavy atom. The molecule has 0 aliphatic heterocycles. The minimum absolute atomic E-state index is 0.0254. The molecule has 0 N–H and O–H groups in total. The van der Waals surface area contributed by atoms with Crippen LogP contribution >= 0.6 is 0 Å². The van der Waals surface area contributed by atoms with Gasteiger partial charge in [-0.15, -0.1) is 10.2 Å². The van der Waals surface area contributed by atoms with E-state index in [1.807, 2.05) is 6.92 Å². The molecule has 1 aromatic heterocycles. The molecule has 0 radical (unpaired) electrons. The Kier molecular flexibility index (Phi) is 5.04. The first-order valence-corrected chi connectivity index (χ1v) is 10.1. The highest BCUT2D eigenvalue weighted by molar-refractivity contribution is 7.87. The number of aryl methyl sites for hydroxylation is 1. The zero-order valence-electron chi connectivity index (χ0n) is 15.5. The maximum atomic E-state index is 14.0. The van der Waals surface area contributed by atoms with Crippen molar-refractivity contribution < 1.29 is 25.8 Å². The summed E-state index contributed by atoms with van der Waals surface area (Å²) in [5, 5.41) is 7.48. The van der Waals surface area contributed by atoms with E-state index in [0.717, 1.165) is 17.7 Å². The van der Waals surface area contributed by atoms with E-state index in [-0.39, 0.29) is 28.0 Å². The second-order valence-corrected chi connectivity index (χ2v) is 7.90. The first-order valence-electron chi connectivity index (χ1n) is 8.73. The van der Waals surface area contributed by atoms with Gasteiger partial charge in [0, 0.05) is 0 Å². The van der Waals surface area contributed by atoms with E-state index in [1.54, 1.807) is 24.3 Å². The fourth-order valence-electron chi connectivity index (χ4n) is 2.72. The summed E-state index contributed by atoms with van der Waals surface area (Å²) in [5.41, 5.74) is 0.582. The molecule has 0 atom stereocenters. The van der Waals surface area contributed by atoms with Crippen LogP contribution in [-0.2, 0) is 10.1 Å². The Bertz CT molecular complexity index is 1300. The summed E-state index contributed by atoms with van der Waals surface area (Å²) in [6.07, 6.45) is 0. The summed E-state index contributed by atoms with van der Waals surface area (Å²) in [5.74, 6) is -2.32. The van der Waals surface area contributed by atoms with Crippen LogP contribution < -0.4 is 4.18 Å². The summed E-state index contributed by atoms with van der Waals surface area (Å²) < 4.78 is 63.9. The first kappa shape index (κ1) is 19.7. The van der Waals surface area contributed by atoms with Crippen LogP contribution in [0.4, 0.5) is 8.78 Å². The Balaban J connectivity index is 1.71. The van der Waals surface area contributed by atoms with Gasteiger partial charge in [0.1, 0.15) is 22.1 Å². The van der Waals surface area contributed by atoms with Crippen LogP contribution in [0.15, 0.2) is 76.0 Å². The molecule has 0 amide bonds. The fraction of sp³-hybridized carbons (Fsp3) is 0.0476. The zero-order valence-corrected chi connectivity index (χ0v) is 16.4. The minimum atomic E-state index is -4.13. The normalized spacial score (nSPS) is 11.4. The predicted octanol–water partition coefficient (Wildman–Crippen LogP) is 4.76. The van der Waals surface area contributed by atoms with Gasteiger partial charge in [0.25, 0.3) is 11.8 Å². The highest BCUT2D eigenvalue weighted by Gasteiger charge is 2.23. The summed E-state index contributed by atoms with van der Waals surface area (Å²) in [6, 6.07) is 15.6. The van der Waals surface area contributed by atoms with E-state index in [0.29, 0.717) is 0 Å². The molecular formula is C21H14F2N2O4S. The van der Waals surface area contributed by atoms with Gasteiger partial charge in [-0.1, -0.05) is 35.9 Å². The smallest absolute Gasteiger partial charge is 0.339 e. The Morgan fingerprint density at radius 2 is 1.47 bits per heavy atom. The molecule has 9 heteroatoms. The highest BCUT2D eigenvalue weighted by atomic mass is 32.2. The first-order chi connectivity index (χ1) is 14.3. The topological polar surface area (TPSA) is 82.3 Å². The van der Waals surface area contributed by atoms with E-state index >= 15 is 0 Å². The highest BCUT2D eigenvalue weighted by Crippen LogP contribution is 2.34. The Hall–Kier alpha value is -3.59. The lowest BCUT2D eigenvalue weighted by Crippen LogP contribution is -2.10. The number of hydrogen-bond donors (Lipinski definition) is 0. The molecule has 1 heterocycles. The maximum Gasteiger partial charge on any atom is 0.339 e. The number of hydrogen-bond acceptors (Lipinski definition) is 6. The van der Waals surface area contributed by atoms with E-state index < -0.39 is 27.3 Å². The SMILES string of the molecule is Cc1ccc(S(=O)(=O)Oc2ccccc2-c2nnc(-c3c(F)cccc3F)o2)cc1. The number of nitrogens with zero attached hydrogens (tertiary/aromatic N) is 2. The average molecular weight is 428 g/mol. The number of para-hydroxylation sites is 1. The van der Waals surface area contributed by atoms with Crippen molar-refractivity contribution in [3.63, 3.8) is 0 Å². The number of halogens is 2. The molecule has 0 unspecified atom stereocenters. The van der Waals surface area contributed by atoms with Crippen molar-refractivity contribution in [1.29, 1.82) is 0 Å². The number of aromatic nitrogens is 2. The fourth-order valence-corrected chi connectivity index (χ4v) is 3.67. The van der Waals surface area contributed by atoms with Gasteiger partial charge in [-0.25, -0.2) is 8.78 Å². The molecule has 4 aromatic rings. The van der Waals surface area contributed by atoms with Gasteiger partial charge in [-0.05, 0) is 43.3 Å². The van der Waals surface area contributed by atoms with Crippen molar-refractivity contribution in [3.8, 4) is 28.7 Å². The van der Waals surface area contributed by atoms with Crippen molar-refractivity contribution in [2.45, 2.75) is 11.8 Å². The zero-order chi connectivity index (χ0) is 21.3. The summed E-state index contributed by atoms with van der Waals surface area (Å²) in [4.78, 5) is -0.0254. The molecule has 0 aliphatic rings. The second kappa shape index (κ2) is 7.68. The second-order valence-electron chi connectivity index (χ2n) is 6.36. The predicted molar refractivity (Wildman–Crippen MR) is 104 cm³/mol. The lowest BCUT2D eigenvalue weighted by molar-refractivity contribution is 0.485. The molecule has 30 heavy (non-hydrogen) atoms. The molecule has 152 valence electrons. The van der Waals surface area contributed by atoms with Crippen molar-refractivity contribution in [2.24, 2.45) is 0 Å². The van der Waals surface area contributed by atoms with Crippen molar-refractivity contribution >= 4 is 10.1 Å². The van der Waals surface area contributed by atoms with Gasteiger partial charge in [0.15, 0.2) is 5.75 Å². The summed E-state index contributed by atoms with van der Waals surface area (Å²) in [6.45, 7) is 1.83. The van der Waals surface area contributed by atoms with E-state index in [2.05, 4.69) is 10.2 Å². The van der Waals surface area contributed by atoms with Crippen LogP contribution in [0.5, 0.6) is 5.75 Å². The molecule has 0 saturated heterocycles. The molecule has 3 aromatic carbocycles. The monoisotopic (exact) mass is 428 g/mol. The number of benzene rings is 3. The van der Waals surface area contributed by atoms with Crippen molar-refractivity contribution in [1.82, 2.24) is 10.2 Å². The number of rotatable bonds is 5. The van der Waals surface area contributed by atoms with E-state index in [4.69, 9.17) is 8.60 Å². The third-order valence-electron chi connectivity index (χ3n) is 4.23. The lowest BCUT2D eigenvalue weighted by Gasteiger charge is -2.09. The van der Waals surface area contributed by atoms with Crippen molar-refractivity contribution in [3.05, 3.63) is 83.9 Å². The van der Waals surface area contributed by atoms with Crippen LogP contribution in [0.1, 0.15) is 5.56 Å². The largest absolute Gasteiger partial charge is 0.416 e. The van der Waals surface area contributed by atoms with Gasteiger partial charge in [-0.3, -0.25) is 0 Å². The van der Waals surface area contributed by atoms with Crippen LogP contribution in [-0.4, -0.2) is 18.6 Å². The lowest BCUT2D eigenvalue weighted by atomic mass is 10.2. The summed E-state index contributed by atoms with van der Waals surface area (Å²) >= 11 is 0. The molecule has 0 bridgehead atoms. The Labute approximate surface area is 170 Å². The molecule has 0 saturated carbocycles. The molecular weight excluding hydrogens is 414 g/mol. The Morgan fingerprint density at radius 3 is 2.17 bits per heavy atom. The molecule has 0 spiro atoms. The summed E-state index contributed by atoms with van der Waals surface area (Å²) in [7, 11) is -4.13. The van der Waals surface area contributed by atoms with Gasteiger partial charge in [0.2, 0.25) is 0 Å². The van der Waals surface area contributed by atoms with Gasteiger partial charge in [0.05, 0.1) is 5.56 Å². The minimum Gasteiger partial charge on any atom is -0.416 e. The molecule has 0 fully saturated rings. The van der Waals surface area contributed by atoms with Crippen LogP contribution in [0, 0.1) is 18.6 Å². The van der Waals surface area contributed by atoms with Gasteiger partial charge >= 0.3 is 10.1 Å². The van der Waals surface area contributed by atoms with Gasteiger partial charge in [-0.2, -0.15) is 8.42 Å². The quantitative estimate of drug-likeness (QED) is 0.427. The average Bonchev–Trinajstić information content (AvgIpc) is 3.18. The van der Waals surface area contributed by atoms with Crippen LogP contribution in [0.25, 0.3) is 22.9 Å².